The maximum atomic E-state index is 12.8. The summed E-state index contributed by atoms with van der Waals surface area (Å²) in [5.41, 5.74) is 1.63. The normalized spacial score (nSPS) is 14.6. The van der Waals surface area contributed by atoms with Gasteiger partial charge in [0.15, 0.2) is 17.3 Å². The lowest BCUT2D eigenvalue weighted by molar-refractivity contribution is -0.0170. The number of piperidine rings is 1. The molecule has 3 rings (SSSR count). The molecule has 0 aliphatic carbocycles. The van der Waals surface area contributed by atoms with Crippen LogP contribution >= 0.6 is 0 Å². The maximum Gasteiger partial charge on any atom is 0.410 e. The lowest BCUT2D eigenvalue weighted by Gasteiger charge is -2.33. The van der Waals surface area contributed by atoms with Gasteiger partial charge in [0.05, 0.1) is 26.9 Å². The molecule has 2 aromatic carbocycles. The van der Waals surface area contributed by atoms with E-state index in [1.165, 1.54) is 0 Å². The predicted molar refractivity (Wildman–Crippen MR) is 125 cm³/mol. The number of benzene rings is 2. The van der Waals surface area contributed by atoms with Crippen LogP contribution in [0.2, 0.25) is 0 Å². The van der Waals surface area contributed by atoms with Gasteiger partial charge in [-0.3, -0.25) is 4.79 Å². The third-order valence-electron chi connectivity index (χ3n) is 5.44. The molecule has 2 aromatic rings. The monoisotopic (exact) mass is 455 g/mol. The second kappa shape index (κ2) is 10.7. The molecular weight excluding hydrogens is 422 g/mol. The summed E-state index contributed by atoms with van der Waals surface area (Å²) in [5.74, 6) is 1.02. The van der Waals surface area contributed by atoms with Gasteiger partial charge in [0.2, 0.25) is 0 Å². The predicted octanol–water partition coefficient (Wildman–Crippen LogP) is 4.85. The number of nitrogens with zero attached hydrogens (tertiary/aromatic N) is 1. The Hall–Kier alpha value is -3.06. The van der Waals surface area contributed by atoms with Crippen molar-refractivity contribution in [2.75, 3.05) is 27.3 Å². The lowest BCUT2D eigenvalue weighted by Crippen LogP contribution is -2.43. The summed E-state index contributed by atoms with van der Waals surface area (Å²) >= 11 is 0. The molecule has 1 heterocycles. The van der Waals surface area contributed by atoms with E-state index in [4.69, 9.17) is 18.9 Å². The fourth-order valence-corrected chi connectivity index (χ4v) is 3.64. The molecule has 33 heavy (non-hydrogen) atoms. The van der Waals surface area contributed by atoms with Crippen molar-refractivity contribution < 1.29 is 28.5 Å². The van der Waals surface area contributed by atoms with E-state index in [0.717, 1.165) is 18.4 Å². The fraction of sp³-hybridized carbons (Fsp3) is 0.462. The van der Waals surface area contributed by atoms with Crippen LogP contribution in [-0.4, -0.2) is 55.8 Å². The Kier molecular flexibility index (Phi) is 7.97. The van der Waals surface area contributed by atoms with Gasteiger partial charge in [-0.1, -0.05) is 24.3 Å². The molecule has 0 radical (unpaired) electrons. The first-order chi connectivity index (χ1) is 15.7. The van der Waals surface area contributed by atoms with Crippen molar-refractivity contribution in [2.45, 2.75) is 51.9 Å². The Labute approximate surface area is 195 Å². The molecule has 0 atom stereocenters. The number of hydrogen-bond donors (Lipinski definition) is 0. The van der Waals surface area contributed by atoms with E-state index in [-0.39, 0.29) is 18.0 Å². The van der Waals surface area contributed by atoms with Crippen LogP contribution in [0.25, 0.3) is 0 Å². The van der Waals surface area contributed by atoms with Crippen LogP contribution in [0.15, 0.2) is 42.5 Å². The van der Waals surface area contributed by atoms with Crippen molar-refractivity contribution in [2.24, 2.45) is 0 Å². The number of carbonyl (C=O) groups excluding carboxylic acids is 2. The van der Waals surface area contributed by atoms with E-state index in [0.29, 0.717) is 42.3 Å². The van der Waals surface area contributed by atoms with Crippen molar-refractivity contribution in [3.05, 3.63) is 59.2 Å². The van der Waals surface area contributed by atoms with Gasteiger partial charge >= 0.3 is 6.09 Å². The van der Waals surface area contributed by atoms with E-state index in [9.17, 15) is 9.59 Å². The molecule has 0 N–H and O–H groups in total. The van der Waals surface area contributed by atoms with Gasteiger partial charge in [-0.15, -0.1) is 0 Å². The standard InChI is InChI=1S/C26H33NO6/c1-26(2,3)33-25(29)27-14-12-21(13-15-27)32-17-18-6-8-19(9-7-18)24(28)20-10-11-22(30-4)23(16-20)31-5/h6-11,16,21H,12-15,17H2,1-5H3. The number of ether oxygens (including phenoxy) is 4. The van der Waals surface area contributed by atoms with Crippen LogP contribution in [0.5, 0.6) is 11.5 Å². The smallest absolute Gasteiger partial charge is 0.410 e. The summed E-state index contributed by atoms with van der Waals surface area (Å²) in [6.07, 6.45) is 1.37. The number of rotatable bonds is 7. The Morgan fingerprint density at radius 1 is 0.909 bits per heavy atom. The first-order valence-corrected chi connectivity index (χ1v) is 11.2. The molecule has 0 spiro atoms. The topological polar surface area (TPSA) is 74.3 Å². The second-order valence-electron chi connectivity index (χ2n) is 9.07. The van der Waals surface area contributed by atoms with Crippen LogP contribution in [0.4, 0.5) is 4.79 Å². The van der Waals surface area contributed by atoms with Crippen LogP contribution in [0.3, 0.4) is 0 Å². The average Bonchev–Trinajstić information content (AvgIpc) is 2.81. The van der Waals surface area contributed by atoms with E-state index in [1.807, 2.05) is 45.0 Å². The minimum Gasteiger partial charge on any atom is -0.493 e. The van der Waals surface area contributed by atoms with E-state index in [2.05, 4.69) is 0 Å². The van der Waals surface area contributed by atoms with Gasteiger partial charge in [-0.05, 0) is 57.4 Å². The van der Waals surface area contributed by atoms with Crippen LogP contribution in [0.1, 0.15) is 55.1 Å². The van der Waals surface area contributed by atoms with Crippen molar-refractivity contribution in [1.82, 2.24) is 4.90 Å². The largest absolute Gasteiger partial charge is 0.493 e. The van der Waals surface area contributed by atoms with Crippen LogP contribution in [0, 0.1) is 0 Å². The second-order valence-corrected chi connectivity index (χ2v) is 9.07. The first kappa shape index (κ1) is 24.6. The molecule has 1 aliphatic rings. The molecule has 1 saturated heterocycles. The summed E-state index contributed by atoms with van der Waals surface area (Å²) in [4.78, 5) is 26.7. The molecule has 1 fully saturated rings. The summed E-state index contributed by atoms with van der Waals surface area (Å²) in [7, 11) is 3.10. The zero-order valence-electron chi connectivity index (χ0n) is 20.1. The molecular formula is C26H33NO6. The van der Waals surface area contributed by atoms with E-state index >= 15 is 0 Å². The molecule has 0 aromatic heterocycles. The quantitative estimate of drug-likeness (QED) is 0.556. The van der Waals surface area contributed by atoms with Crippen LogP contribution in [-0.2, 0) is 16.1 Å². The molecule has 178 valence electrons. The Morgan fingerprint density at radius 2 is 1.52 bits per heavy atom. The van der Waals surface area contributed by atoms with Crippen molar-refractivity contribution in [3.8, 4) is 11.5 Å². The molecule has 1 amide bonds. The third kappa shape index (κ3) is 6.71. The SMILES string of the molecule is COc1ccc(C(=O)c2ccc(COC3CCN(C(=O)OC(C)(C)C)CC3)cc2)cc1OC. The molecule has 1 aliphatic heterocycles. The highest BCUT2D eigenvalue weighted by Crippen LogP contribution is 2.28. The number of ketones is 1. The van der Waals surface area contributed by atoms with Crippen molar-refractivity contribution >= 4 is 11.9 Å². The van der Waals surface area contributed by atoms with Gasteiger partial charge in [0.25, 0.3) is 0 Å². The van der Waals surface area contributed by atoms with Crippen LogP contribution < -0.4 is 9.47 Å². The highest BCUT2D eigenvalue weighted by Gasteiger charge is 2.27. The number of amides is 1. The summed E-state index contributed by atoms with van der Waals surface area (Å²) in [6.45, 7) is 7.31. The maximum absolute atomic E-state index is 12.8. The highest BCUT2D eigenvalue weighted by atomic mass is 16.6. The summed E-state index contributed by atoms with van der Waals surface area (Å²) < 4.78 is 22.0. The van der Waals surface area contributed by atoms with Gasteiger partial charge in [-0.2, -0.15) is 0 Å². The highest BCUT2D eigenvalue weighted by molar-refractivity contribution is 6.09. The van der Waals surface area contributed by atoms with E-state index in [1.54, 1.807) is 37.3 Å². The average molecular weight is 456 g/mol. The zero-order chi connectivity index (χ0) is 24.0. The third-order valence-corrected chi connectivity index (χ3v) is 5.44. The molecule has 0 saturated carbocycles. The van der Waals surface area contributed by atoms with Crippen molar-refractivity contribution in [1.29, 1.82) is 0 Å². The number of carbonyl (C=O) groups is 2. The Bertz CT molecular complexity index is 956. The Morgan fingerprint density at radius 3 is 2.09 bits per heavy atom. The lowest BCUT2D eigenvalue weighted by atomic mass is 10.0. The molecule has 0 unspecified atom stereocenters. The van der Waals surface area contributed by atoms with Gasteiger partial charge in [-0.25, -0.2) is 4.79 Å². The van der Waals surface area contributed by atoms with Gasteiger partial charge < -0.3 is 23.8 Å². The fourth-order valence-electron chi connectivity index (χ4n) is 3.64. The first-order valence-electron chi connectivity index (χ1n) is 11.2. The number of methoxy groups -OCH3 is 2. The minimum atomic E-state index is -0.489. The van der Waals surface area contributed by atoms with E-state index < -0.39 is 5.60 Å². The summed E-state index contributed by atoms with van der Waals surface area (Å²) in [6, 6.07) is 12.6. The molecule has 0 bridgehead atoms. The summed E-state index contributed by atoms with van der Waals surface area (Å²) in [5, 5.41) is 0. The number of hydrogen-bond acceptors (Lipinski definition) is 6. The molecule has 7 nitrogen and oxygen atoms in total. The van der Waals surface area contributed by atoms with Gasteiger partial charge in [0, 0.05) is 24.2 Å². The molecule has 7 heteroatoms. The number of likely N-dealkylation sites (tertiary alicyclic amines) is 1. The minimum absolute atomic E-state index is 0.0852. The zero-order valence-corrected chi connectivity index (χ0v) is 20.1. The van der Waals surface area contributed by atoms with Crippen molar-refractivity contribution in [3.63, 3.8) is 0 Å². The van der Waals surface area contributed by atoms with Gasteiger partial charge in [0.1, 0.15) is 5.60 Å². The Balaban J connectivity index is 1.50.